The molecule has 1 aliphatic carbocycles. The molecule has 7 nitrogen and oxygen atoms in total. The zero-order chi connectivity index (χ0) is 29.4. The minimum Gasteiger partial charge on any atom is -0.456 e. The van der Waals surface area contributed by atoms with Crippen LogP contribution < -0.4 is 10.1 Å². The van der Waals surface area contributed by atoms with Crippen LogP contribution in [0.5, 0.6) is 11.5 Å². The number of hydrogen-bond acceptors (Lipinski definition) is 6. The lowest BCUT2D eigenvalue weighted by atomic mass is 9.95. The van der Waals surface area contributed by atoms with Crippen molar-refractivity contribution in [3.63, 3.8) is 0 Å². The standard InChI is InChI=1S/C31H24F3N5O2S/c1-18-3-4-21(29(40)37-23-12-22(31(32,33)34)13-24(14-23)39-16-19(2)36-17-39)11-27(18)41-28-15-26(20-5-8-35-9-6-20)38-30-25(28)7-10-42-30/h3-11,13-17,22H,12H2,1-2H3,(H,37,40). The van der Waals surface area contributed by atoms with Crippen molar-refractivity contribution in [1.29, 1.82) is 0 Å². The number of aromatic nitrogens is 4. The summed E-state index contributed by atoms with van der Waals surface area (Å²) >= 11 is 1.49. The Hall–Kier alpha value is -4.77. The fourth-order valence-electron chi connectivity index (χ4n) is 4.67. The third-order valence-corrected chi connectivity index (χ3v) is 7.69. The molecular weight excluding hydrogens is 563 g/mol. The highest BCUT2D eigenvalue weighted by Gasteiger charge is 2.40. The maximum Gasteiger partial charge on any atom is 0.395 e. The van der Waals surface area contributed by atoms with E-state index in [4.69, 9.17) is 9.72 Å². The van der Waals surface area contributed by atoms with Gasteiger partial charge in [0.15, 0.2) is 0 Å². The van der Waals surface area contributed by atoms with E-state index in [-0.39, 0.29) is 23.4 Å². The number of amides is 1. The van der Waals surface area contributed by atoms with E-state index in [1.807, 2.05) is 36.6 Å². The summed E-state index contributed by atoms with van der Waals surface area (Å²) in [7, 11) is 0. The number of nitrogens with one attached hydrogen (secondary N) is 1. The summed E-state index contributed by atoms with van der Waals surface area (Å²) in [6.07, 6.45) is 4.30. The number of thiophene rings is 1. The first-order valence-electron chi connectivity index (χ1n) is 13.0. The SMILES string of the molecule is Cc1cn(C2=CC(C(F)(F)F)CC(NC(=O)c3ccc(C)c(Oc4cc(-c5ccncc5)nc5sccc45)c3)=C2)cn1. The molecule has 0 saturated heterocycles. The highest BCUT2D eigenvalue weighted by molar-refractivity contribution is 7.16. The lowest BCUT2D eigenvalue weighted by Gasteiger charge is -2.24. The quantitative estimate of drug-likeness (QED) is 0.220. The van der Waals surface area contributed by atoms with Gasteiger partial charge in [-0.2, -0.15) is 13.2 Å². The second kappa shape index (κ2) is 10.9. The Morgan fingerprint density at radius 3 is 2.64 bits per heavy atom. The average Bonchev–Trinajstić information content (AvgIpc) is 3.63. The van der Waals surface area contributed by atoms with Gasteiger partial charge in [-0.25, -0.2) is 9.97 Å². The number of carbonyl (C=O) groups is 1. The van der Waals surface area contributed by atoms with Gasteiger partial charge in [0.1, 0.15) is 16.3 Å². The van der Waals surface area contributed by atoms with E-state index in [0.717, 1.165) is 27.4 Å². The molecule has 4 aromatic heterocycles. The topological polar surface area (TPSA) is 81.9 Å². The number of aryl methyl sites for hydroxylation is 2. The summed E-state index contributed by atoms with van der Waals surface area (Å²) in [6.45, 7) is 3.61. The van der Waals surface area contributed by atoms with Crippen molar-refractivity contribution >= 4 is 33.2 Å². The van der Waals surface area contributed by atoms with Gasteiger partial charge in [0.25, 0.3) is 5.91 Å². The number of carbonyl (C=O) groups excluding carboxylic acids is 1. The number of benzene rings is 1. The number of hydrogen-bond donors (Lipinski definition) is 1. The number of ether oxygens (including phenoxy) is 1. The Bertz CT molecular complexity index is 1860. The Kier molecular flexibility index (Phi) is 7.11. The van der Waals surface area contributed by atoms with E-state index >= 15 is 0 Å². The molecule has 0 spiro atoms. The van der Waals surface area contributed by atoms with E-state index < -0.39 is 18.0 Å². The number of imidazole rings is 1. The maximum absolute atomic E-state index is 13.8. The minimum absolute atomic E-state index is 0.158. The Morgan fingerprint density at radius 2 is 1.90 bits per heavy atom. The normalized spacial score (nSPS) is 15.3. The molecule has 1 atom stereocenters. The van der Waals surface area contributed by atoms with Gasteiger partial charge in [-0.05, 0) is 67.3 Å². The zero-order valence-electron chi connectivity index (χ0n) is 22.5. The fraction of sp³-hybridized carbons (Fsp3) is 0.161. The number of fused-ring (bicyclic) bond motifs is 1. The van der Waals surface area contributed by atoms with Crippen molar-refractivity contribution in [2.24, 2.45) is 5.92 Å². The van der Waals surface area contributed by atoms with Crippen molar-refractivity contribution in [1.82, 2.24) is 24.8 Å². The largest absolute Gasteiger partial charge is 0.456 e. The molecule has 1 amide bonds. The number of halogens is 3. The van der Waals surface area contributed by atoms with Gasteiger partial charge in [-0.1, -0.05) is 6.07 Å². The average molecular weight is 588 g/mol. The van der Waals surface area contributed by atoms with Gasteiger partial charge in [0.2, 0.25) is 0 Å². The number of alkyl halides is 3. The van der Waals surface area contributed by atoms with Gasteiger partial charge >= 0.3 is 6.18 Å². The van der Waals surface area contributed by atoms with Crippen LogP contribution in [-0.4, -0.2) is 31.6 Å². The predicted molar refractivity (Wildman–Crippen MR) is 155 cm³/mol. The highest BCUT2D eigenvalue weighted by Crippen LogP contribution is 2.38. The third-order valence-electron chi connectivity index (χ3n) is 6.88. The van der Waals surface area contributed by atoms with Gasteiger partial charge in [0, 0.05) is 53.6 Å². The van der Waals surface area contributed by atoms with E-state index in [1.165, 1.54) is 28.3 Å². The van der Waals surface area contributed by atoms with Crippen molar-refractivity contribution < 1.29 is 22.7 Å². The molecule has 0 fully saturated rings. The molecule has 6 rings (SSSR count). The molecule has 0 radical (unpaired) electrons. The number of allylic oxidation sites excluding steroid dienone is 4. The lowest BCUT2D eigenvalue weighted by Crippen LogP contribution is -2.30. The monoisotopic (exact) mass is 587 g/mol. The van der Waals surface area contributed by atoms with Crippen LogP contribution in [0.2, 0.25) is 0 Å². The summed E-state index contributed by atoms with van der Waals surface area (Å²) in [5.74, 6) is -1.27. The minimum atomic E-state index is -4.47. The molecule has 212 valence electrons. The van der Waals surface area contributed by atoms with E-state index in [9.17, 15) is 18.0 Å². The second-order valence-corrected chi connectivity index (χ2v) is 10.8. The summed E-state index contributed by atoms with van der Waals surface area (Å²) in [6, 6.07) is 12.4. The van der Waals surface area contributed by atoms with Crippen LogP contribution in [-0.2, 0) is 0 Å². The Balaban J connectivity index is 1.28. The van der Waals surface area contributed by atoms with Gasteiger partial charge in [-0.3, -0.25) is 9.78 Å². The molecule has 1 N–H and O–H groups in total. The predicted octanol–water partition coefficient (Wildman–Crippen LogP) is 7.70. The molecule has 1 aromatic carbocycles. The summed E-state index contributed by atoms with van der Waals surface area (Å²) in [5.41, 5.74) is 3.74. The smallest absolute Gasteiger partial charge is 0.395 e. The second-order valence-electron chi connectivity index (χ2n) is 9.95. The molecule has 4 heterocycles. The van der Waals surface area contributed by atoms with Crippen LogP contribution in [0, 0.1) is 19.8 Å². The van der Waals surface area contributed by atoms with Crippen molar-refractivity contribution in [3.8, 4) is 22.8 Å². The molecular formula is C31H24F3N5O2S. The van der Waals surface area contributed by atoms with Crippen LogP contribution in [0.3, 0.4) is 0 Å². The molecule has 5 aromatic rings. The van der Waals surface area contributed by atoms with Gasteiger partial charge < -0.3 is 14.6 Å². The van der Waals surface area contributed by atoms with E-state index in [1.54, 1.807) is 43.7 Å². The first-order valence-corrected chi connectivity index (χ1v) is 13.9. The number of pyridine rings is 2. The number of nitrogens with zero attached hydrogens (tertiary/aromatic N) is 4. The molecule has 0 aliphatic heterocycles. The van der Waals surface area contributed by atoms with Crippen molar-refractivity contribution in [3.05, 3.63) is 107 Å². The molecule has 42 heavy (non-hydrogen) atoms. The van der Waals surface area contributed by atoms with Gasteiger partial charge in [0.05, 0.1) is 29.0 Å². The van der Waals surface area contributed by atoms with Crippen molar-refractivity contribution in [2.75, 3.05) is 0 Å². The van der Waals surface area contributed by atoms with Gasteiger partial charge in [-0.15, -0.1) is 11.3 Å². The van der Waals surface area contributed by atoms with E-state index in [0.29, 0.717) is 22.9 Å². The van der Waals surface area contributed by atoms with Crippen molar-refractivity contribution in [2.45, 2.75) is 26.4 Å². The maximum atomic E-state index is 13.8. The van der Waals surface area contributed by atoms with E-state index in [2.05, 4.69) is 15.3 Å². The fourth-order valence-corrected chi connectivity index (χ4v) is 5.45. The van der Waals surface area contributed by atoms with Crippen LogP contribution in [0.15, 0.2) is 90.6 Å². The lowest BCUT2D eigenvalue weighted by molar-refractivity contribution is -0.161. The molecule has 0 bridgehead atoms. The Labute approximate surface area is 243 Å². The first-order chi connectivity index (χ1) is 20.1. The number of rotatable bonds is 6. The zero-order valence-corrected chi connectivity index (χ0v) is 23.3. The molecule has 11 heteroatoms. The highest BCUT2D eigenvalue weighted by atomic mass is 32.1. The molecule has 1 aliphatic rings. The summed E-state index contributed by atoms with van der Waals surface area (Å²) in [4.78, 5) is 27.0. The molecule has 0 saturated carbocycles. The molecule has 1 unspecified atom stereocenters. The third kappa shape index (κ3) is 5.68. The van der Waals surface area contributed by atoms with Crippen LogP contribution >= 0.6 is 11.3 Å². The van der Waals surface area contributed by atoms with Crippen LogP contribution in [0.25, 0.3) is 27.2 Å². The van der Waals surface area contributed by atoms with Crippen LogP contribution in [0.1, 0.15) is 28.0 Å². The first kappa shape index (κ1) is 27.4. The summed E-state index contributed by atoms with van der Waals surface area (Å²) < 4.78 is 49.2. The Morgan fingerprint density at radius 1 is 1.10 bits per heavy atom. The summed E-state index contributed by atoms with van der Waals surface area (Å²) in [5, 5.41) is 5.44. The van der Waals surface area contributed by atoms with Crippen LogP contribution in [0.4, 0.5) is 13.2 Å².